The Balaban J connectivity index is 1.94. The van der Waals surface area contributed by atoms with Gasteiger partial charge < -0.3 is 30.6 Å². The van der Waals surface area contributed by atoms with E-state index >= 15 is 0 Å². The van der Waals surface area contributed by atoms with Crippen molar-refractivity contribution >= 4 is 34.6 Å². The van der Waals surface area contributed by atoms with Crippen molar-refractivity contribution in [1.29, 1.82) is 0 Å². The third-order valence-corrected chi connectivity index (χ3v) is 5.12. The van der Waals surface area contributed by atoms with Crippen LogP contribution in [0.2, 0.25) is 0 Å². The minimum atomic E-state index is -0.852. The molecule has 0 fully saturated rings. The molecular weight excluding hydrogens is 490 g/mol. The lowest BCUT2D eigenvalue weighted by Gasteiger charge is -2.15. The Morgan fingerprint density at radius 3 is 1.86 bits per heavy atom. The molecule has 0 atom stereocenters. The Morgan fingerprint density at radius 1 is 0.919 bits per heavy atom. The summed E-state index contributed by atoms with van der Waals surface area (Å²) in [5.74, 6) is -1.45. The number of nitrogens with one attached hydrogen (secondary N) is 2. The van der Waals surface area contributed by atoms with Gasteiger partial charge in [0.05, 0.1) is 35.2 Å². The van der Waals surface area contributed by atoms with Crippen LogP contribution in [0.3, 0.4) is 0 Å². The zero-order valence-corrected chi connectivity index (χ0v) is 19.9. The summed E-state index contributed by atoms with van der Waals surface area (Å²) in [6.45, 7) is 2.04. The maximum Gasteiger partial charge on any atom is 0.338 e. The van der Waals surface area contributed by atoms with Crippen LogP contribution in [0.25, 0.3) is 0 Å². The number of fused-ring (bicyclic) bond motifs is 2. The van der Waals surface area contributed by atoms with E-state index in [-0.39, 0.29) is 84.7 Å². The number of esters is 1. The Labute approximate surface area is 210 Å². The average Bonchev–Trinajstić information content (AvgIpc) is 2.86. The molecule has 1 heterocycles. The molecule has 0 aromatic heterocycles. The number of hydrogen-bond donors (Lipinski definition) is 3. The number of nitrogens with two attached hydrogens (primary N) is 1. The van der Waals surface area contributed by atoms with E-state index in [1.807, 2.05) is 0 Å². The van der Waals surface area contributed by atoms with E-state index in [2.05, 4.69) is 10.6 Å². The summed E-state index contributed by atoms with van der Waals surface area (Å²) >= 11 is 0. The van der Waals surface area contributed by atoms with Crippen molar-refractivity contribution in [3.63, 3.8) is 0 Å². The first-order valence-corrected chi connectivity index (χ1v) is 11.2. The second-order valence-corrected chi connectivity index (χ2v) is 7.62. The van der Waals surface area contributed by atoms with E-state index < -0.39 is 21.7 Å². The third kappa shape index (κ3) is 6.62. The number of rotatable bonds is 5. The minimum Gasteiger partial charge on any atom is -0.491 e. The molecule has 37 heavy (non-hydrogen) atoms. The normalized spacial score (nSPS) is 14.4. The standard InChI is InChI=1S/C23H25N5O9/c1-2-35-23(30)15-11-17(28(33)34)21-19(13-15)37-9-5-8-36-18-12-14(22(24)29)10-16(27(31)32)20(18)25-6-3-4-7-26-21/h3-4,10-13,25-26H,2,5-9H2,1H3,(H2,24,29)/b4-3+. The van der Waals surface area contributed by atoms with E-state index in [1.165, 1.54) is 12.1 Å². The fraction of sp³-hybridized carbons (Fsp3) is 0.304. The van der Waals surface area contributed by atoms with Gasteiger partial charge in [-0.05, 0) is 19.1 Å². The summed E-state index contributed by atoms with van der Waals surface area (Å²) in [6, 6.07) is 4.85. The molecule has 2 aromatic rings. The monoisotopic (exact) mass is 515 g/mol. The van der Waals surface area contributed by atoms with Gasteiger partial charge in [-0.25, -0.2) is 4.79 Å². The molecule has 4 N–H and O–H groups in total. The van der Waals surface area contributed by atoms with Crippen LogP contribution >= 0.6 is 0 Å². The maximum absolute atomic E-state index is 12.2. The van der Waals surface area contributed by atoms with Crippen LogP contribution in [0, 0.1) is 20.2 Å². The number of nitro benzene ring substituents is 2. The van der Waals surface area contributed by atoms with Gasteiger partial charge in [0.25, 0.3) is 11.4 Å². The van der Waals surface area contributed by atoms with E-state index in [0.717, 1.165) is 12.1 Å². The van der Waals surface area contributed by atoms with Gasteiger partial charge in [0.2, 0.25) is 5.91 Å². The maximum atomic E-state index is 12.2. The van der Waals surface area contributed by atoms with Crippen molar-refractivity contribution in [1.82, 2.24) is 0 Å². The molecule has 0 radical (unpaired) electrons. The third-order valence-electron chi connectivity index (χ3n) is 5.12. The number of nitrogens with zero attached hydrogens (tertiary/aromatic N) is 2. The molecule has 196 valence electrons. The molecular formula is C23H25N5O9. The number of hydrogen-bond acceptors (Lipinski definition) is 11. The largest absolute Gasteiger partial charge is 0.491 e. The molecule has 1 amide bonds. The number of primary amides is 1. The summed E-state index contributed by atoms with van der Waals surface area (Å²) in [5, 5.41) is 29.2. The number of anilines is 2. The molecule has 1 aliphatic heterocycles. The quantitative estimate of drug-likeness (QED) is 0.229. The van der Waals surface area contributed by atoms with E-state index in [1.54, 1.807) is 19.1 Å². The first kappa shape index (κ1) is 26.7. The lowest BCUT2D eigenvalue weighted by molar-refractivity contribution is -0.384. The molecule has 0 unspecified atom stereocenters. The summed E-state index contributed by atoms with van der Waals surface area (Å²) in [4.78, 5) is 46.0. The van der Waals surface area contributed by atoms with Gasteiger partial charge >= 0.3 is 5.97 Å². The zero-order chi connectivity index (χ0) is 26.9. The van der Waals surface area contributed by atoms with Gasteiger partial charge in [-0.15, -0.1) is 0 Å². The van der Waals surface area contributed by atoms with Gasteiger partial charge in [-0.1, -0.05) is 12.2 Å². The number of ether oxygens (including phenoxy) is 3. The van der Waals surface area contributed by atoms with Gasteiger partial charge in [-0.3, -0.25) is 25.0 Å². The summed E-state index contributed by atoms with van der Waals surface area (Å²) in [5.41, 5.74) is 4.59. The zero-order valence-electron chi connectivity index (χ0n) is 19.9. The van der Waals surface area contributed by atoms with Crippen molar-refractivity contribution in [2.24, 2.45) is 5.73 Å². The molecule has 14 nitrogen and oxygen atoms in total. The molecule has 2 aromatic carbocycles. The van der Waals surface area contributed by atoms with Crippen molar-refractivity contribution in [2.75, 3.05) is 43.5 Å². The fourth-order valence-corrected chi connectivity index (χ4v) is 3.46. The van der Waals surface area contributed by atoms with Gasteiger partial charge in [-0.2, -0.15) is 0 Å². The topological polar surface area (TPSA) is 198 Å². The van der Waals surface area contributed by atoms with Crippen LogP contribution < -0.4 is 25.8 Å². The van der Waals surface area contributed by atoms with Gasteiger partial charge in [0, 0.05) is 37.2 Å². The Hall–Kier alpha value is -4.88. The highest BCUT2D eigenvalue weighted by Gasteiger charge is 2.25. The van der Waals surface area contributed by atoms with Crippen molar-refractivity contribution in [3.05, 3.63) is 67.8 Å². The second-order valence-electron chi connectivity index (χ2n) is 7.62. The Bertz CT molecular complexity index is 1250. The molecule has 0 saturated heterocycles. The molecule has 0 bridgehead atoms. The second kappa shape index (κ2) is 12.2. The summed E-state index contributed by atoms with van der Waals surface area (Å²) in [6.07, 6.45) is 3.54. The highest BCUT2D eigenvalue weighted by Crippen LogP contribution is 2.38. The number of benzene rings is 2. The van der Waals surface area contributed by atoms with Crippen molar-refractivity contribution in [2.45, 2.75) is 13.3 Å². The summed E-state index contributed by atoms with van der Waals surface area (Å²) < 4.78 is 16.4. The first-order valence-electron chi connectivity index (χ1n) is 11.2. The highest BCUT2D eigenvalue weighted by molar-refractivity contribution is 5.96. The molecule has 14 heteroatoms. The van der Waals surface area contributed by atoms with Crippen LogP contribution in [0.1, 0.15) is 34.1 Å². The summed E-state index contributed by atoms with van der Waals surface area (Å²) in [7, 11) is 0. The SMILES string of the molecule is CCOC(=O)c1cc2c(c([N+](=O)[O-])c1)NC/C=C/CNc1c(cc(C(N)=O)cc1[N+](=O)[O-])OCCCO2. The van der Waals surface area contributed by atoms with Crippen LogP contribution in [0.4, 0.5) is 22.7 Å². The Kier molecular flexibility index (Phi) is 8.81. The number of carbonyl (C=O) groups excluding carboxylic acids is 2. The molecule has 0 spiro atoms. The van der Waals surface area contributed by atoms with Gasteiger partial charge in [0.15, 0.2) is 11.4 Å². The number of nitro groups is 2. The van der Waals surface area contributed by atoms with Crippen molar-refractivity contribution in [3.8, 4) is 11.5 Å². The van der Waals surface area contributed by atoms with Crippen LogP contribution in [0.15, 0.2) is 36.4 Å². The van der Waals surface area contributed by atoms with Crippen molar-refractivity contribution < 1.29 is 33.6 Å². The number of carbonyl (C=O) groups is 2. The van der Waals surface area contributed by atoms with E-state index in [0.29, 0.717) is 0 Å². The highest BCUT2D eigenvalue weighted by atomic mass is 16.6. The molecule has 0 aliphatic carbocycles. The van der Waals surface area contributed by atoms with Crippen LogP contribution in [-0.4, -0.2) is 54.6 Å². The molecule has 3 rings (SSSR count). The Morgan fingerprint density at radius 2 is 1.41 bits per heavy atom. The average molecular weight is 515 g/mol. The van der Waals surface area contributed by atoms with Crippen LogP contribution in [-0.2, 0) is 4.74 Å². The lowest BCUT2D eigenvalue weighted by Crippen LogP contribution is -2.14. The fourth-order valence-electron chi connectivity index (χ4n) is 3.46. The molecule has 1 aliphatic rings. The predicted octanol–water partition coefficient (Wildman–Crippen LogP) is 3.02. The number of amides is 1. The lowest BCUT2D eigenvalue weighted by atomic mass is 10.1. The molecule has 0 saturated carbocycles. The minimum absolute atomic E-state index is 0.0201. The van der Waals surface area contributed by atoms with E-state index in [4.69, 9.17) is 19.9 Å². The van der Waals surface area contributed by atoms with Crippen LogP contribution in [0.5, 0.6) is 11.5 Å². The predicted molar refractivity (Wildman–Crippen MR) is 132 cm³/mol. The smallest absolute Gasteiger partial charge is 0.338 e. The van der Waals surface area contributed by atoms with E-state index in [9.17, 15) is 29.8 Å². The van der Waals surface area contributed by atoms with Gasteiger partial charge in [0.1, 0.15) is 11.5 Å². The first-order chi connectivity index (χ1) is 17.7.